The van der Waals surface area contributed by atoms with Gasteiger partial charge in [0.2, 0.25) is 0 Å². The number of aryl methyl sites for hydroxylation is 1. The summed E-state index contributed by atoms with van der Waals surface area (Å²) in [6.45, 7) is 2.71. The molecule has 1 aromatic carbocycles. The zero-order chi connectivity index (χ0) is 15.9. The Morgan fingerprint density at radius 2 is 1.91 bits per heavy atom. The molecule has 0 unspecified atom stereocenters. The van der Waals surface area contributed by atoms with Gasteiger partial charge >= 0.3 is 0 Å². The first-order chi connectivity index (χ1) is 10.7. The molecule has 0 spiro atoms. The molecule has 0 aliphatic heterocycles. The van der Waals surface area contributed by atoms with Crippen molar-refractivity contribution in [3.05, 3.63) is 40.1 Å². The van der Waals surface area contributed by atoms with Crippen molar-refractivity contribution in [3.63, 3.8) is 0 Å². The minimum atomic E-state index is 0. The number of anilines is 1. The molecule has 0 fully saturated rings. The fraction of sp³-hybridized carbons (Fsp3) is 0.312. The minimum Gasteiger partial charge on any atom is -0.497 e. The molecule has 0 amide bonds. The van der Waals surface area contributed by atoms with Crippen molar-refractivity contribution in [1.29, 1.82) is 0 Å². The summed E-state index contributed by atoms with van der Waals surface area (Å²) in [5, 5.41) is 3.05. The van der Waals surface area contributed by atoms with Gasteiger partial charge in [-0.1, -0.05) is 6.92 Å². The maximum absolute atomic E-state index is 5.96. The third-order valence-electron chi connectivity index (χ3n) is 3.14. The molecule has 3 N–H and O–H groups in total. The van der Waals surface area contributed by atoms with Crippen LogP contribution in [-0.4, -0.2) is 20.2 Å². The number of methoxy groups -OCH3 is 2. The van der Waals surface area contributed by atoms with Gasteiger partial charge in [-0.3, -0.25) is 0 Å². The summed E-state index contributed by atoms with van der Waals surface area (Å²) in [5.74, 6) is 1.75. The van der Waals surface area contributed by atoms with Crippen LogP contribution in [0, 0.1) is 0 Å². The van der Waals surface area contributed by atoms with Gasteiger partial charge in [0.25, 0.3) is 0 Å². The molecule has 23 heavy (non-hydrogen) atoms. The number of thiophene rings is 1. The van der Waals surface area contributed by atoms with Crippen molar-refractivity contribution < 1.29 is 9.47 Å². The minimum absolute atomic E-state index is 0. The van der Waals surface area contributed by atoms with Gasteiger partial charge in [0.05, 0.1) is 26.5 Å². The number of nitrogens with zero attached hydrogens (tertiary/aromatic N) is 1. The summed E-state index contributed by atoms with van der Waals surface area (Å²) in [7, 11) is 3.23. The van der Waals surface area contributed by atoms with Crippen molar-refractivity contribution in [1.82, 2.24) is 0 Å². The van der Waals surface area contributed by atoms with Gasteiger partial charge in [-0.2, -0.15) is 0 Å². The summed E-state index contributed by atoms with van der Waals surface area (Å²) in [6.07, 6.45) is 1.04. The Hall–Kier alpha value is -1.48. The van der Waals surface area contributed by atoms with Crippen LogP contribution in [0.1, 0.15) is 16.7 Å². The lowest BCUT2D eigenvalue weighted by Gasteiger charge is -2.12. The SMILES string of the molecule is CCc1ccc(CN=C(N)Nc2cc(OC)ccc2OC)s1.I. The molecule has 5 nitrogen and oxygen atoms in total. The van der Waals surface area contributed by atoms with E-state index in [1.807, 2.05) is 18.2 Å². The summed E-state index contributed by atoms with van der Waals surface area (Å²) in [5.41, 5.74) is 6.68. The number of hydrogen-bond donors (Lipinski definition) is 2. The number of guanidine groups is 1. The fourth-order valence-electron chi connectivity index (χ4n) is 1.95. The first-order valence-corrected chi connectivity index (χ1v) is 7.84. The normalized spacial score (nSPS) is 10.8. The van der Waals surface area contributed by atoms with E-state index in [1.54, 1.807) is 25.6 Å². The van der Waals surface area contributed by atoms with Gasteiger partial charge in [0.1, 0.15) is 11.5 Å². The maximum atomic E-state index is 5.96. The number of hydrogen-bond acceptors (Lipinski definition) is 4. The average molecular weight is 447 g/mol. The number of halogens is 1. The van der Waals surface area contributed by atoms with Crippen molar-refractivity contribution in [3.8, 4) is 11.5 Å². The van der Waals surface area contributed by atoms with Gasteiger partial charge in [-0.15, -0.1) is 35.3 Å². The van der Waals surface area contributed by atoms with Crippen LogP contribution in [0.15, 0.2) is 35.3 Å². The Bertz CT molecular complexity index is 659. The highest BCUT2D eigenvalue weighted by Gasteiger charge is 2.06. The van der Waals surface area contributed by atoms with Crippen LogP contribution >= 0.6 is 35.3 Å². The molecular formula is C16H22IN3O2S. The Labute approximate surface area is 157 Å². The smallest absolute Gasteiger partial charge is 0.193 e. The Kier molecular flexibility index (Phi) is 8.18. The van der Waals surface area contributed by atoms with Crippen LogP contribution in [-0.2, 0) is 13.0 Å². The molecule has 0 radical (unpaired) electrons. The van der Waals surface area contributed by atoms with E-state index in [0.717, 1.165) is 17.9 Å². The van der Waals surface area contributed by atoms with E-state index in [-0.39, 0.29) is 24.0 Å². The van der Waals surface area contributed by atoms with Crippen LogP contribution in [0.5, 0.6) is 11.5 Å². The van der Waals surface area contributed by atoms with E-state index in [2.05, 4.69) is 29.4 Å². The van der Waals surface area contributed by atoms with Crippen LogP contribution in [0.4, 0.5) is 5.69 Å². The molecule has 2 aromatic rings. The molecule has 1 aromatic heterocycles. The zero-order valence-electron chi connectivity index (χ0n) is 13.5. The van der Waals surface area contributed by atoms with Crippen molar-refractivity contribution in [2.45, 2.75) is 19.9 Å². The highest BCUT2D eigenvalue weighted by atomic mass is 127. The number of benzene rings is 1. The largest absolute Gasteiger partial charge is 0.497 e. The maximum Gasteiger partial charge on any atom is 0.193 e. The Morgan fingerprint density at radius 3 is 2.52 bits per heavy atom. The quantitative estimate of drug-likeness (QED) is 0.401. The number of nitrogens with one attached hydrogen (secondary N) is 1. The average Bonchev–Trinajstić information content (AvgIpc) is 3.01. The summed E-state index contributed by atoms with van der Waals surface area (Å²) in [6, 6.07) is 9.69. The second-order valence-electron chi connectivity index (χ2n) is 4.61. The molecule has 2 rings (SSSR count). The van der Waals surface area contributed by atoms with Gasteiger partial charge in [0.15, 0.2) is 5.96 Å². The van der Waals surface area contributed by atoms with E-state index in [1.165, 1.54) is 9.75 Å². The highest BCUT2D eigenvalue weighted by molar-refractivity contribution is 14.0. The number of rotatable bonds is 6. The Balaban J connectivity index is 0.00000264. The van der Waals surface area contributed by atoms with Crippen molar-refractivity contribution in [2.75, 3.05) is 19.5 Å². The summed E-state index contributed by atoms with van der Waals surface area (Å²) < 4.78 is 10.5. The summed E-state index contributed by atoms with van der Waals surface area (Å²) in [4.78, 5) is 6.91. The highest BCUT2D eigenvalue weighted by Crippen LogP contribution is 2.28. The molecule has 7 heteroatoms. The third kappa shape index (κ3) is 5.58. The predicted molar refractivity (Wildman–Crippen MR) is 108 cm³/mol. The molecule has 0 aliphatic carbocycles. The van der Waals surface area contributed by atoms with E-state index >= 15 is 0 Å². The third-order valence-corrected chi connectivity index (χ3v) is 4.35. The number of aliphatic imine (C=N–C) groups is 1. The van der Waals surface area contributed by atoms with Gasteiger partial charge < -0.3 is 20.5 Å². The first-order valence-electron chi connectivity index (χ1n) is 7.02. The van der Waals surface area contributed by atoms with E-state index in [9.17, 15) is 0 Å². The van der Waals surface area contributed by atoms with E-state index < -0.39 is 0 Å². The van der Waals surface area contributed by atoms with E-state index in [4.69, 9.17) is 15.2 Å². The number of ether oxygens (including phenoxy) is 2. The second kappa shape index (κ2) is 9.61. The van der Waals surface area contributed by atoms with Crippen LogP contribution in [0.25, 0.3) is 0 Å². The lowest BCUT2D eigenvalue weighted by atomic mass is 10.2. The van der Waals surface area contributed by atoms with Crippen LogP contribution in [0.3, 0.4) is 0 Å². The van der Waals surface area contributed by atoms with Crippen molar-refractivity contribution in [2.24, 2.45) is 10.7 Å². The lowest BCUT2D eigenvalue weighted by Crippen LogP contribution is -2.22. The lowest BCUT2D eigenvalue weighted by molar-refractivity contribution is 0.405. The Morgan fingerprint density at radius 1 is 1.17 bits per heavy atom. The van der Waals surface area contributed by atoms with Gasteiger partial charge in [-0.25, -0.2) is 4.99 Å². The molecule has 0 atom stereocenters. The van der Waals surface area contributed by atoms with Crippen LogP contribution in [0.2, 0.25) is 0 Å². The standard InChI is InChI=1S/C16H21N3O2S.HI/c1-4-12-6-7-13(22-12)10-18-16(17)19-14-9-11(20-2)5-8-15(14)21-3;/h5-9H,4,10H2,1-3H3,(H3,17,18,19);1H. The molecular weight excluding hydrogens is 425 g/mol. The second-order valence-corrected chi connectivity index (χ2v) is 5.87. The summed E-state index contributed by atoms with van der Waals surface area (Å²) >= 11 is 1.76. The zero-order valence-corrected chi connectivity index (χ0v) is 16.6. The monoisotopic (exact) mass is 447 g/mol. The van der Waals surface area contributed by atoms with Gasteiger partial charge in [0, 0.05) is 15.8 Å². The number of nitrogens with two attached hydrogens (primary N) is 1. The molecule has 126 valence electrons. The predicted octanol–water partition coefficient (Wildman–Crippen LogP) is 3.87. The first kappa shape index (κ1) is 19.6. The van der Waals surface area contributed by atoms with E-state index in [0.29, 0.717) is 18.3 Å². The molecule has 0 aliphatic rings. The molecule has 0 bridgehead atoms. The fourth-order valence-corrected chi connectivity index (χ4v) is 2.83. The topological polar surface area (TPSA) is 68.9 Å². The van der Waals surface area contributed by atoms with Crippen LogP contribution < -0.4 is 20.5 Å². The molecule has 0 saturated heterocycles. The molecule has 0 saturated carbocycles. The molecule has 1 heterocycles. The van der Waals surface area contributed by atoms with Crippen molar-refractivity contribution >= 4 is 47.0 Å². The van der Waals surface area contributed by atoms with Gasteiger partial charge in [-0.05, 0) is 30.7 Å².